The molecule has 0 fully saturated rings. The Bertz CT molecular complexity index is 547. The van der Waals surface area contributed by atoms with E-state index in [0.717, 1.165) is 12.1 Å². The van der Waals surface area contributed by atoms with Crippen LogP contribution in [0.2, 0.25) is 0 Å². The predicted octanol–water partition coefficient (Wildman–Crippen LogP) is 3.20. The first-order chi connectivity index (χ1) is 9.34. The van der Waals surface area contributed by atoms with Crippen LogP contribution in [0, 0.1) is 11.3 Å². The van der Waals surface area contributed by atoms with Crippen molar-refractivity contribution in [1.29, 1.82) is 5.26 Å². The minimum Gasteiger partial charge on any atom is -0.462 e. The van der Waals surface area contributed by atoms with E-state index in [1.165, 1.54) is 0 Å². The lowest BCUT2D eigenvalue weighted by Gasteiger charge is -2.16. The van der Waals surface area contributed by atoms with Gasteiger partial charge in [-0.1, -0.05) is 6.92 Å². The molecule has 0 atom stereocenters. The van der Waals surface area contributed by atoms with E-state index >= 15 is 0 Å². The summed E-state index contributed by atoms with van der Waals surface area (Å²) in [6.07, 6.45) is -4.78. The summed E-state index contributed by atoms with van der Waals surface area (Å²) in [4.78, 5) is 11.8. The summed E-state index contributed by atoms with van der Waals surface area (Å²) in [7, 11) is 0. The molecule has 0 amide bonds. The van der Waals surface area contributed by atoms with Crippen molar-refractivity contribution >= 4 is 5.97 Å². The van der Waals surface area contributed by atoms with Crippen LogP contribution in [0.3, 0.4) is 0 Å². The highest BCUT2D eigenvalue weighted by Gasteiger charge is 2.33. The van der Waals surface area contributed by atoms with Crippen LogP contribution in [-0.2, 0) is 11.2 Å². The number of carbonyl (C=O) groups excluding carboxylic acids is 1. The number of halogens is 3. The quantitative estimate of drug-likeness (QED) is 0.798. The van der Waals surface area contributed by atoms with Gasteiger partial charge in [-0.15, -0.1) is 13.2 Å². The topological polar surface area (TPSA) is 59.3 Å². The zero-order valence-electron chi connectivity index (χ0n) is 10.9. The van der Waals surface area contributed by atoms with Gasteiger partial charge < -0.3 is 9.47 Å². The van der Waals surface area contributed by atoms with Crippen molar-refractivity contribution in [2.75, 3.05) is 6.61 Å². The second-order valence-electron chi connectivity index (χ2n) is 3.70. The number of benzene rings is 1. The van der Waals surface area contributed by atoms with Crippen molar-refractivity contribution in [3.8, 4) is 11.8 Å². The molecule has 0 aliphatic heterocycles. The molecular formula is C13H12F3NO3. The Morgan fingerprint density at radius 2 is 2.00 bits per heavy atom. The van der Waals surface area contributed by atoms with Crippen molar-refractivity contribution in [2.45, 2.75) is 26.6 Å². The smallest absolute Gasteiger partial charge is 0.462 e. The molecule has 4 nitrogen and oxygen atoms in total. The monoisotopic (exact) mass is 287 g/mol. The van der Waals surface area contributed by atoms with Gasteiger partial charge in [0, 0.05) is 5.56 Å². The molecule has 0 aliphatic rings. The van der Waals surface area contributed by atoms with Crippen molar-refractivity contribution in [3.05, 3.63) is 28.8 Å². The molecule has 0 N–H and O–H groups in total. The predicted molar refractivity (Wildman–Crippen MR) is 63.2 cm³/mol. The Morgan fingerprint density at radius 1 is 1.35 bits per heavy atom. The summed E-state index contributed by atoms with van der Waals surface area (Å²) < 4.78 is 45.6. The number of alkyl halides is 3. The van der Waals surface area contributed by atoms with Crippen LogP contribution in [0.1, 0.15) is 35.3 Å². The Hall–Kier alpha value is -2.23. The summed E-state index contributed by atoms with van der Waals surface area (Å²) in [6.45, 7) is 3.17. The lowest BCUT2D eigenvalue weighted by molar-refractivity contribution is -0.274. The highest BCUT2D eigenvalue weighted by Crippen LogP contribution is 2.31. The van der Waals surface area contributed by atoms with Gasteiger partial charge in [0.2, 0.25) is 0 Å². The fourth-order valence-corrected chi connectivity index (χ4v) is 1.73. The Kier molecular flexibility index (Phi) is 4.97. The Balaban J connectivity index is 3.41. The third-order valence-corrected chi connectivity index (χ3v) is 2.45. The van der Waals surface area contributed by atoms with E-state index in [2.05, 4.69) is 4.74 Å². The normalized spacial score (nSPS) is 10.8. The second kappa shape index (κ2) is 6.28. The Morgan fingerprint density at radius 3 is 2.45 bits per heavy atom. The van der Waals surface area contributed by atoms with Gasteiger partial charge in [0.05, 0.1) is 17.7 Å². The molecule has 0 unspecified atom stereocenters. The zero-order chi connectivity index (χ0) is 15.3. The average Bonchev–Trinajstić information content (AvgIpc) is 2.36. The fourth-order valence-electron chi connectivity index (χ4n) is 1.73. The number of esters is 1. The third kappa shape index (κ3) is 3.63. The maximum absolute atomic E-state index is 12.3. The van der Waals surface area contributed by atoms with E-state index in [9.17, 15) is 18.0 Å². The lowest BCUT2D eigenvalue weighted by atomic mass is 9.98. The van der Waals surface area contributed by atoms with Gasteiger partial charge in [-0.05, 0) is 25.5 Å². The number of carbonyl (C=O) groups is 1. The molecule has 0 aromatic heterocycles. The maximum Gasteiger partial charge on any atom is 0.573 e. The first kappa shape index (κ1) is 15.8. The van der Waals surface area contributed by atoms with Crippen molar-refractivity contribution in [3.63, 3.8) is 0 Å². The lowest BCUT2D eigenvalue weighted by Crippen LogP contribution is -2.20. The summed E-state index contributed by atoms with van der Waals surface area (Å²) >= 11 is 0. The number of ether oxygens (including phenoxy) is 2. The molecule has 1 aromatic rings. The van der Waals surface area contributed by atoms with Crippen molar-refractivity contribution in [1.82, 2.24) is 0 Å². The molecular weight excluding hydrogens is 275 g/mol. The molecule has 0 saturated heterocycles. The number of hydrogen-bond acceptors (Lipinski definition) is 4. The molecule has 1 rings (SSSR count). The molecule has 0 spiro atoms. The van der Waals surface area contributed by atoms with E-state index in [1.54, 1.807) is 19.9 Å². The zero-order valence-corrected chi connectivity index (χ0v) is 10.9. The summed E-state index contributed by atoms with van der Waals surface area (Å²) in [5, 5.41) is 8.96. The van der Waals surface area contributed by atoms with Crippen molar-refractivity contribution in [2.24, 2.45) is 0 Å². The fraction of sp³-hybridized carbons (Fsp3) is 0.385. The van der Waals surface area contributed by atoms with E-state index in [4.69, 9.17) is 10.00 Å². The van der Waals surface area contributed by atoms with Crippen LogP contribution >= 0.6 is 0 Å². The minimum atomic E-state index is -4.87. The van der Waals surface area contributed by atoms with E-state index in [-0.39, 0.29) is 29.7 Å². The van der Waals surface area contributed by atoms with Gasteiger partial charge in [-0.25, -0.2) is 4.79 Å². The summed E-state index contributed by atoms with van der Waals surface area (Å²) in [5.74, 6) is -1.34. The molecule has 20 heavy (non-hydrogen) atoms. The van der Waals surface area contributed by atoms with Crippen LogP contribution in [0.5, 0.6) is 5.75 Å². The molecule has 1 aromatic carbocycles. The van der Waals surface area contributed by atoms with E-state index in [1.807, 2.05) is 0 Å². The maximum atomic E-state index is 12.3. The molecule has 0 aliphatic carbocycles. The molecule has 0 bridgehead atoms. The minimum absolute atomic E-state index is 0.000162. The first-order valence-corrected chi connectivity index (χ1v) is 5.82. The van der Waals surface area contributed by atoms with Crippen molar-refractivity contribution < 1.29 is 27.4 Å². The highest BCUT2D eigenvalue weighted by atomic mass is 19.4. The van der Waals surface area contributed by atoms with Gasteiger partial charge in [0.1, 0.15) is 11.8 Å². The van der Waals surface area contributed by atoms with Gasteiger partial charge >= 0.3 is 12.3 Å². The van der Waals surface area contributed by atoms with Gasteiger partial charge in [-0.3, -0.25) is 0 Å². The molecule has 0 heterocycles. The van der Waals surface area contributed by atoms with E-state index in [0.29, 0.717) is 0 Å². The number of nitrogens with zero attached hydrogens (tertiary/aromatic N) is 1. The van der Waals surface area contributed by atoms with Crippen LogP contribution in [0.25, 0.3) is 0 Å². The summed E-state index contributed by atoms with van der Waals surface area (Å²) in [5.41, 5.74) is -0.228. The Labute approximate surface area is 113 Å². The number of hydrogen-bond donors (Lipinski definition) is 0. The van der Waals surface area contributed by atoms with E-state index < -0.39 is 18.1 Å². The third-order valence-electron chi connectivity index (χ3n) is 2.45. The van der Waals surface area contributed by atoms with Crippen LogP contribution in [0.4, 0.5) is 13.2 Å². The van der Waals surface area contributed by atoms with Gasteiger partial charge in [0.15, 0.2) is 0 Å². The largest absolute Gasteiger partial charge is 0.573 e. The molecule has 0 saturated carbocycles. The standard InChI is InChI=1S/C13H12F3NO3/c1-3-9-10(20-13(14,15)16)6-5-8(7-17)11(9)12(18)19-4-2/h5-6H,3-4H2,1-2H3. The molecule has 0 radical (unpaired) electrons. The highest BCUT2D eigenvalue weighted by molar-refractivity contribution is 5.94. The number of nitriles is 1. The SMILES string of the molecule is CCOC(=O)c1c(C#N)ccc(OC(F)(F)F)c1CC. The molecule has 7 heteroatoms. The summed E-state index contributed by atoms with van der Waals surface area (Å²) in [6, 6.07) is 3.89. The second-order valence-corrected chi connectivity index (χ2v) is 3.70. The van der Waals surface area contributed by atoms with Gasteiger partial charge in [-0.2, -0.15) is 5.26 Å². The van der Waals surface area contributed by atoms with Crippen LogP contribution < -0.4 is 4.74 Å². The number of rotatable bonds is 4. The van der Waals surface area contributed by atoms with Gasteiger partial charge in [0.25, 0.3) is 0 Å². The average molecular weight is 287 g/mol. The molecule has 108 valence electrons. The van der Waals surface area contributed by atoms with Crippen LogP contribution in [0.15, 0.2) is 12.1 Å². The van der Waals surface area contributed by atoms with Crippen LogP contribution in [-0.4, -0.2) is 18.9 Å². The first-order valence-electron chi connectivity index (χ1n) is 5.82.